The van der Waals surface area contributed by atoms with Crippen molar-refractivity contribution in [3.8, 4) is 0 Å². The molecule has 3 aromatic rings. The van der Waals surface area contributed by atoms with Crippen molar-refractivity contribution in [2.45, 2.75) is 46.2 Å². The van der Waals surface area contributed by atoms with Crippen LogP contribution in [0, 0.1) is 5.82 Å². The van der Waals surface area contributed by atoms with E-state index in [4.69, 9.17) is 4.42 Å². The summed E-state index contributed by atoms with van der Waals surface area (Å²) < 4.78 is 19.0. The van der Waals surface area contributed by atoms with E-state index in [2.05, 4.69) is 5.32 Å². The Labute approximate surface area is 204 Å². The van der Waals surface area contributed by atoms with Gasteiger partial charge in [-0.2, -0.15) is 0 Å². The zero-order valence-electron chi connectivity index (χ0n) is 20.3. The Morgan fingerprint density at radius 1 is 0.971 bits per heavy atom. The van der Waals surface area contributed by atoms with Gasteiger partial charge in [0, 0.05) is 19.6 Å². The highest BCUT2D eigenvalue weighted by Gasteiger charge is 2.22. The smallest absolute Gasteiger partial charge is 0.317 e. The molecule has 0 aliphatic rings. The zero-order chi connectivity index (χ0) is 25.2. The third-order valence-corrected chi connectivity index (χ3v) is 5.67. The molecule has 1 aromatic heterocycles. The molecule has 3 amide bonds. The maximum absolute atomic E-state index is 13.4. The average molecular weight is 482 g/mol. The van der Waals surface area contributed by atoms with Crippen LogP contribution in [0.3, 0.4) is 0 Å². The summed E-state index contributed by atoms with van der Waals surface area (Å²) in [5.41, 5.74) is 1.29. The molecule has 186 valence electrons. The van der Waals surface area contributed by atoms with Gasteiger partial charge in [-0.25, -0.2) is 9.18 Å². The van der Waals surface area contributed by atoms with Crippen molar-refractivity contribution in [2.24, 2.45) is 0 Å². The van der Waals surface area contributed by atoms with E-state index in [1.165, 1.54) is 28.2 Å². The van der Waals surface area contributed by atoms with Gasteiger partial charge in [-0.05, 0) is 42.7 Å². The number of unbranched alkanes of at least 4 members (excludes halogenated alkanes) is 1. The van der Waals surface area contributed by atoms with E-state index in [-0.39, 0.29) is 42.8 Å². The lowest BCUT2D eigenvalue weighted by Gasteiger charge is -2.28. The molecular weight excluding hydrogens is 449 g/mol. The molecule has 0 bridgehead atoms. The molecule has 0 unspecified atom stereocenters. The molecule has 7 nitrogen and oxygen atoms in total. The zero-order valence-corrected chi connectivity index (χ0v) is 20.3. The summed E-state index contributed by atoms with van der Waals surface area (Å²) in [6.07, 6.45) is 3.87. The Hall–Kier alpha value is -3.68. The van der Waals surface area contributed by atoms with Crippen molar-refractivity contribution in [2.75, 3.05) is 19.6 Å². The second-order valence-corrected chi connectivity index (χ2v) is 8.47. The van der Waals surface area contributed by atoms with E-state index >= 15 is 0 Å². The topological polar surface area (TPSA) is 82.9 Å². The number of carbonyl (C=O) groups is 2. The first-order valence-electron chi connectivity index (χ1n) is 12.0. The summed E-state index contributed by atoms with van der Waals surface area (Å²) in [6.45, 7) is 4.96. The molecule has 3 rings (SSSR count). The summed E-state index contributed by atoms with van der Waals surface area (Å²) in [5.74, 6) is -0.694. The van der Waals surface area contributed by atoms with Gasteiger partial charge < -0.3 is 19.5 Å². The predicted molar refractivity (Wildman–Crippen MR) is 133 cm³/mol. The highest BCUT2D eigenvalue weighted by Crippen LogP contribution is 2.15. The van der Waals surface area contributed by atoms with E-state index in [0.717, 1.165) is 12.8 Å². The highest BCUT2D eigenvalue weighted by molar-refractivity contribution is 5.84. The van der Waals surface area contributed by atoms with Gasteiger partial charge in [0.15, 0.2) is 5.43 Å². The summed E-state index contributed by atoms with van der Waals surface area (Å²) in [4.78, 5) is 42.1. The molecule has 1 N–H and O–H groups in total. The molecule has 0 saturated heterocycles. The Balaban J connectivity index is 1.85. The second kappa shape index (κ2) is 12.7. The number of nitrogens with one attached hydrogen (secondary N) is 1. The van der Waals surface area contributed by atoms with Crippen molar-refractivity contribution in [3.63, 3.8) is 0 Å². The molecule has 0 fully saturated rings. The third kappa shape index (κ3) is 7.15. The predicted octanol–water partition coefficient (Wildman–Crippen LogP) is 4.68. The first-order chi connectivity index (χ1) is 16.9. The van der Waals surface area contributed by atoms with E-state index in [9.17, 15) is 18.8 Å². The normalized spacial score (nSPS) is 10.8. The van der Waals surface area contributed by atoms with Crippen molar-refractivity contribution >= 4 is 22.9 Å². The number of para-hydroxylation sites is 1. The lowest BCUT2D eigenvalue weighted by atomic mass is 10.1. The van der Waals surface area contributed by atoms with Crippen LogP contribution in [0.4, 0.5) is 9.18 Å². The largest absolute Gasteiger partial charge is 0.464 e. The number of hydrogen-bond donors (Lipinski definition) is 1. The number of nitrogens with zero attached hydrogens (tertiary/aromatic N) is 2. The molecule has 0 spiro atoms. The Morgan fingerprint density at radius 2 is 1.71 bits per heavy atom. The quantitative estimate of drug-likeness (QED) is 0.403. The number of urea groups is 1. The maximum Gasteiger partial charge on any atom is 0.317 e. The van der Waals surface area contributed by atoms with Crippen LogP contribution < -0.4 is 10.7 Å². The first-order valence-corrected chi connectivity index (χ1v) is 12.0. The fraction of sp³-hybridized carbons (Fsp3) is 0.370. The van der Waals surface area contributed by atoms with Crippen LogP contribution in [-0.4, -0.2) is 41.4 Å². The van der Waals surface area contributed by atoms with Crippen LogP contribution in [-0.2, 0) is 17.9 Å². The monoisotopic (exact) mass is 481 g/mol. The van der Waals surface area contributed by atoms with E-state index in [0.29, 0.717) is 41.6 Å². The molecule has 8 heteroatoms. The molecule has 1 heterocycles. The first kappa shape index (κ1) is 25.9. The maximum atomic E-state index is 13.4. The standard InChI is InChI=1S/C27H32FN3O4/c1-3-5-14-29-27(34)30(15-4-2)18-25(32)31(16-20-10-12-22(28)13-11-20)17-21-19-35-24-9-7-6-8-23(24)26(21)33/h6-13,19H,3-5,14-18H2,1-2H3,(H,29,34). The third-order valence-electron chi connectivity index (χ3n) is 5.67. The summed E-state index contributed by atoms with van der Waals surface area (Å²) in [7, 11) is 0. The van der Waals surface area contributed by atoms with Gasteiger partial charge in [-0.3, -0.25) is 9.59 Å². The average Bonchev–Trinajstić information content (AvgIpc) is 2.86. The second-order valence-electron chi connectivity index (χ2n) is 8.47. The summed E-state index contributed by atoms with van der Waals surface area (Å²) in [6, 6.07) is 12.5. The Bertz CT molecular complexity index is 1190. The van der Waals surface area contributed by atoms with Gasteiger partial charge in [0.2, 0.25) is 5.91 Å². The number of hydrogen-bond acceptors (Lipinski definition) is 4. The van der Waals surface area contributed by atoms with Gasteiger partial charge in [0.1, 0.15) is 17.9 Å². The van der Waals surface area contributed by atoms with Crippen molar-refractivity contribution < 1.29 is 18.4 Å². The molecule has 35 heavy (non-hydrogen) atoms. The lowest BCUT2D eigenvalue weighted by Crippen LogP contribution is -2.47. The van der Waals surface area contributed by atoms with Gasteiger partial charge in [-0.15, -0.1) is 0 Å². The van der Waals surface area contributed by atoms with Crippen molar-refractivity contribution in [1.82, 2.24) is 15.1 Å². The van der Waals surface area contributed by atoms with Crippen LogP contribution in [0.25, 0.3) is 11.0 Å². The molecule has 0 aliphatic carbocycles. The van der Waals surface area contributed by atoms with E-state index in [1.807, 2.05) is 13.8 Å². The van der Waals surface area contributed by atoms with Crippen molar-refractivity contribution in [1.29, 1.82) is 0 Å². The Morgan fingerprint density at radius 3 is 2.43 bits per heavy atom. The lowest BCUT2D eigenvalue weighted by molar-refractivity contribution is -0.133. The van der Waals surface area contributed by atoms with Crippen molar-refractivity contribution in [3.05, 3.63) is 82.0 Å². The Kier molecular flexibility index (Phi) is 9.40. The van der Waals surface area contributed by atoms with E-state index < -0.39 is 0 Å². The SMILES string of the molecule is CCCCNC(=O)N(CCC)CC(=O)N(Cc1ccc(F)cc1)Cc1coc2ccccc2c1=O. The van der Waals surface area contributed by atoms with Crippen LogP contribution in [0.1, 0.15) is 44.2 Å². The van der Waals surface area contributed by atoms with Gasteiger partial charge in [0.25, 0.3) is 0 Å². The molecule has 0 radical (unpaired) electrons. The number of carbonyl (C=O) groups excluding carboxylic acids is 2. The van der Waals surface area contributed by atoms with Crippen LogP contribution in [0.15, 0.2) is 64.0 Å². The highest BCUT2D eigenvalue weighted by atomic mass is 19.1. The minimum atomic E-state index is -0.375. The number of benzene rings is 2. The molecule has 0 aliphatic heterocycles. The minimum Gasteiger partial charge on any atom is -0.464 e. The van der Waals surface area contributed by atoms with Gasteiger partial charge in [-0.1, -0.05) is 44.5 Å². The van der Waals surface area contributed by atoms with Crippen LogP contribution in [0.2, 0.25) is 0 Å². The van der Waals surface area contributed by atoms with Crippen LogP contribution >= 0.6 is 0 Å². The number of rotatable bonds is 11. The summed E-state index contributed by atoms with van der Waals surface area (Å²) in [5, 5.41) is 3.29. The minimum absolute atomic E-state index is 0.000790. The molecular formula is C27H32FN3O4. The molecule has 0 saturated carbocycles. The molecule has 0 atom stereocenters. The number of amides is 3. The molecule has 2 aromatic carbocycles. The number of halogens is 1. The summed E-state index contributed by atoms with van der Waals surface area (Å²) >= 11 is 0. The fourth-order valence-corrected chi connectivity index (χ4v) is 3.74. The number of fused-ring (bicyclic) bond motifs is 1. The van der Waals surface area contributed by atoms with Gasteiger partial charge in [0.05, 0.1) is 23.8 Å². The van der Waals surface area contributed by atoms with Gasteiger partial charge >= 0.3 is 6.03 Å². The fourth-order valence-electron chi connectivity index (χ4n) is 3.74. The van der Waals surface area contributed by atoms with Crippen LogP contribution in [0.5, 0.6) is 0 Å². The van der Waals surface area contributed by atoms with E-state index in [1.54, 1.807) is 36.4 Å².